The fourth-order valence-corrected chi connectivity index (χ4v) is 5.92. The van der Waals surface area contributed by atoms with Crippen LogP contribution in [0.4, 0.5) is 0 Å². The highest BCUT2D eigenvalue weighted by Crippen LogP contribution is 2.41. The van der Waals surface area contributed by atoms with Gasteiger partial charge in [-0.2, -0.15) is 0 Å². The Morgan fingerprint density at radius 3 is 1.64 bits per heavy atom. The van der Waals surface area contributed by atoms with Crippen molar-refractivity contribution in [3.8, 4) is 0 Å². The molecule has 0 spiro atoms. The van der Waals surface area contributed by atoms with Crippen molar-refractivity contribution in [2.45, 2.75) is 50.2 Å². The summed E-state index contributed by atoms with van der Waals surface area (Å²) in [6.45, 7) is 11.2. The third-order valence-corrected chi connectivity index (χ3v) is 8.23. The Balaban J connectivity index is 1.93. The molecule has 5 heteroatoms. The van der Waals surface area contributed by atoms with Crippen LogP contribution in [0.5, 0.6) is 0 Å². The molecule has 0 bridgehead atoms. The van der Waals surface area contributed by atoms with Crippen molar-refractivity contribution in [2.24, 2.45) is 11.8 Å². The minimum absolute atomic E-state index is 0.000299. The molecule has 0 aromatic heterocycles. The molecule has 0 saturated carbocycles. The van der Waals surface area contributed by atoms with E-state index in [0.29, 0.717) is 6.61 Å². The van der Waals surface area contributed by atoms with Gasteiger partial charge in [0.25, 0.3) is 0 Å². The molecule has 0 aliphatic carbocycles. The van der Waals surface area contributed by atoms with Gasteiger partial charge in [-0.15, -0.1) is 11.8 Å². The number of hydrogen-bond acceptors (Lipinski definition) is 4. The first-order valence-electron chi connectivity index (χ1n) is 13.6. The standard InChI is InChI=1S/C34H43NO3S/c1-26(23-24-31(39-33(3,4)5)27(2)32(36)35(6)37-7)25-38-34(28-17-11-8-12-18-28,29-19-13-9-14-20-29)30-21-15-10-16-22-30/h8-24,26-27,31H,25H2,1-7H3/b24-23+/t26-,27+,31+/m1/s1. The Labute approximate surface area is 239 Å². The van der Waals surface area contributed by atoms with Crippen LogP contribution in [-0.4, -0.2) is 41.7 Å². The Morgan fingerprint density at radius 2 is 1.26 bits per heavy atom. The van der Waals surface area contributed by atoms with E-state index in [1.54, 1.807) is 18.8 Å². The van der Waals surface area contributed by atoms with Crippen LogP contribution < -0.4 is 0 Å². The van der Waals surface area contributed by atoms with Gasteiger partial charge < -0.3 is 4.74 Å². The summed E-state index contributed by atoms with van der Waals surface area (Å²) in [7, 11) is 3.18. The molecule has 3 atom stereocenters. The zero-order valence-corrected chi connectivity index (χ0v) is 25.2. The predicted octanol–water partition coefficient (Wildman–Crippen LogP) is 7.74. The van der Waals surface area contributed by atoms with Gasteiger partial charge in [0.15, 0.2) is 0 Å². The molecule has 4 nitrogen and oxygen atoms in total. The first kappa shape index (κ1) is 30.7. The number of benzene rings is 3. The van der Waals surface area contributed by atoms with E-state index in [2.05, 4.69) is 113 Å². The molecule has 0 radical (unpaired) electrons. The lowest BCUT2D eigenvalue weighted by molar-refractivity contribution is -0.172. The van der Waals surface area contributed by atoms with Crippen molar-refractivity contribution in [2.75, 3.05) is 20.8 Å². The molecule has 1 amide bonds. The quantitative estimate of drug-likeness (QED) is 0.133. The van der Waals surface area contributed by atoms with E-state index in [0.717, 1.165) is 16.7 Å². The molecule has 0 unspecified atom stereocenters. The van der Waals surface area contributed by atoms with Crippen molar-refractivity contribution in [3.63, 3.8) is 0 Å². The molecule has 0 fully saturated rings. The zero-order valence-electron chi connectivity index (χ0n) is 24.3. The maximum atomic E-state index is 12.9. The number of nitrogens with zero attached hydrogens (tertiary/aromatic N) is 1. The van der Waals surface area contributed by atoms with E-state index in [9.17, 15) is 4.79 Å². The summed E-state index contributed by atoms with van der Waals surface area (Å²) >= 11 is 1.79. The van der Waals surface area contributed by atoms with Crippen LogP contribution in [0.15, 0.2) is 103 Å². The van der Waals surface area contributed by atoms with E-state index in [1.807, 2.05) is 25.1 Å². The Hall–Kier alpha value is -2.86. The first-order valence-corrected chi connectivity index (χ1v) is 14.4. The lowest BCUT2D eigenvalue weighted by atomic mass is 9.80. The highest BCUT2D eigenvalue weighted by atomic mass is 32.2. The monoisotopic (exact) mass is 545 g/mol. The molecule has 0 aliphatic rings. The minimum Gasteiger partial charge on any atom is -0.360 e. The number of rotatable bonds is 12. The predicted molar refractivity (Wildman–Crippen MR) is 164 cm³/mol. The van der Waals surface area contributed by atoms with Crippen LogP contribution in [0.25, 0.3) is 0 Å². The highest BCUT2D eigenvalue weighted by molar-refractivity contribution is 8.01. The molecular weight excluding hydrogens is 502 g/mol. The number of hydrogen-bond donors (Lipinski definition) is 0. The number of ether oxygens (including phenoxy) is 1. The van der Waals surface area contributed by atoms with Crippen LogP contribution in [0.1, 0.15) is 51.3 Å². The molecule has 3 rings (SSSR count). The molecule has 39 heavy (non-hydrogen) atoms. The number of thioether (sulfide) groups is 1. The van der Waals surface area contributed by atoms with Crippen molar-refractivity contribution in [1.82, 2.24) is 5.06 Å². The molecule has 3 aromatic carbocycles. The Bertz CT molecular complexity index is 1080. The lowest BCUT2D eigenvalue weighted by Gasteiger charge is -2.36. The topological polar surface area (TPSA) is 38.8 Å². The number of carbonyl (C=O) groups excluding carboxylic acids is 1. The maximum absolute atomic E-state index is 12.9. The summed E-state index contributed by atoms with van der Waals surface area (Å²) < 4.78 is 6.99. The maximum Gasteiger partial charge on any atom is 0.250 e. The third-order valence-electron chi connectivity index (χ3n) is 6.69. The average Bonchev–Trinajstić information content (AvgIpc) is 2.95. The summed E-state index contributed by atoms with van der Waals surface area (Å²) in [5, 5.41) is 1.31. The summed E-state index contributed by atoms with van der Waals surface area (Å²) in [6.07, 6.45) is 4.36. The van der Waals surface area contributed by atoms with Gasteiger partial charge in [0.05, 0.1) is 19.6 Å². The largest absolute Gasteiger partial charge is 0.360 e. The van der Waals surface area contributed by atoms with Crippen molar-refractivity contribution in [3.05, 3.63) is 120 Å². The van der Waals surface area contributed by atoms with E-state index >= 15 is 0 Å². The van der Waals surface area contributed by atoms with Crippen LogP contribution in [0.2, 0.25) is 0 Å². The summed E-state index contributed by atoms with van der Waals surface area (Å²) in [4.78, 5) is 18.1. The van der Waals surface area contributed by atoms with Gasteiger partial charge in [-0.05, 0) is 22.6 Å². The molecule has 3 aromatic rings. The van der Waals surface area contributed by atoms with Gasteiger partial charge in [-0.25, -0.2) is 5.06 Å². The van der Waals surface area contributed by atoms with E-state index in [-0.39, 0.29) is 27.7 Å². The number of hydroxylamine groups is 2. The Morgan fingerprint density at radius 1 is 0.821 bits per heavy atom. The van der Waals surface area contributed by atoms with Crippen molar-refractivity contribution < 1.29 is 14.4 Å². The van der Waals surface area contributed by atoms with Crippen molar-refractivity contribution in [1.29, 1.82) is 0 Å². The van der Waals surface area contributed by atoms with Crippen LogP contribution >= 0.6 is 11.8 Å². The van der Waals surface area contributed by atoms with Gasteiger partial charge in [-0.1, -0.05) is 138 Å². The van der Waals surface area contributed by atoms with Crippen LogP contribution in [-0.2, 0) is 20.0 Å². The van der Waals surface area contributed by atoms with Crippen molar-refractivity contribution >= 4 is 17.7 Å². The molecule has 0 heterocycles. The average molecular weight is 546 g/mol. The normalized spacial score (nSPS) is 14.6. The molecular formula is C34H43NO3S. The number of carbonyl (C=O) groups is 1. The van der Waals surface area contributed by atoms with Gasteiger partial charge >= 0.3 is 0 Å². The van der Waals surface area contributed by atoms with Gasteiger partial charge in [0.2, 0.25) is 5.91 Å². The smallest absolute Gasteiger partial charge is 0.250 e. The molecule has 208 valence electrons. The van der Waals surface area contributed by atoms with Gasteiger partial charge in [0, 0.05) is 17.0 Å². The SMILES string of the molecule is CON(C)C(=O)[C@@H](C)[C@H](/C=C/[C@@H](C)COC(c1ccccc1)(c1ccccc1)c1ccccc1)SC(C)(C)C. The molecule has 0 N–H and O–H groups in total. The van der Waals surface area contributed by atoms with Gasteiger partial charge in [0.1, 0.15) is 5.60 Å². The second-order valence-corrected chi connectivity index (χ2v) is 13.0. The third kappa shape index (κ3) is 8.07. The summed E-state index contributed by atoms with van der Waals surface area (Å²) in [6, 6.07) is 31.3. The highest BCUT2D eigenvalue weighted by Gasteiger charge is 2.37. The van der Waals surface area contributed by atoms with E-state index in [1.165, 1.54) is 12.2 Å². The summed E-state index contributed by atoms with van der Waals surface area (Å²) in [5.74, 6) is -0.157. The zero-order chi connectivity index (χ0) is 28.5. The van der Waals surface area contributed by atoms with E-state index < -0.39 is 5.60 Å². The molecule has 0 aliphatic heterocycles. The second kappa shape index (κ2) is 14.0. The summed E-state index contributed by atoms with van der Waals surface area (Å²) in [5.41, 5.74) is 2.50. The van der Waals surface area contributed by atoms with Crippen LogP contribution in [0.3, 0.4) is 0 Å². The fraction of sp³-hybridized carbons (Fsp3) is 0.382. The lowest BCUT2D eigenvalue weighted by Crippen LogP contribution is -2.36. The van der Waals surface area contributed by atoms with E-state index in [4.69, 9.17) is 9.57 Å². The fourth-order valence-electron chi connectivity index (χ4n) is 4.61. The number of amides is 1. The van der Waals surface area contributed by atoms with Gasteiger partial charge in [-0.3, -0.25) is 9.63 Å². The second-order valence-electron chi connectivity index (χ2n) is 11.0. The Kier molecular flexibility index (Phi) is 11.0. The van der Waals surface area contributed by atoms with Crippen LogP contribution in [0, 0.1) is 11.8 Å². The first-order chi connectivity index (χ1) is 18.6. The molecule has 0 saturated heterocycles. The minimum atomic E-state index is -0.754.